The SMILES string of the molecule is C/C=C\[N-]CCC(OC)C1CC(P(OCC)OCC)C1.CC(C)N(C(C)C)P(O)OCCC#N.NC=O.[K+].[OH-]. The van der Waals surface area contributed by atoms with Crippen LogP contribution >= 0.6 is 16.9 Å². The molecule has 39 heavy (non-hydrogen) atoms. The Bertz CT molecular complexity index is 599. The van der Waals surface area contributed by atoms with Crippen molar-refractivity contribution >= 4 is 23.3 Å². The van der Waals surface area contributed by atoms with E-state index in [4.69, 9.17) is 28.4 Å². The third-order valence-corrected chi connectivity index (χ3v) is 9.04. The van der Waals surface area contributed by atoms with Crippen LogP contribution in [0.1, 0.15) is 74.1 Å². The molecule has 11 nitrogen and oxygen atoms in total. The Hall–Kier alpha value is 0.716. The van der Waals surface area contributed by atoms with Crippen molar-refractivity contribution in [3.63, 3.8) is 0 Å². The van der Waals surface area contributed by atoms with Crippen molar-refractivity contribution in [3.05, 3.63) is 17.6 Å². The minimum atomic E-state index is -1.55. The number of rotatable bonds is 17. The first-order valence-electron chi connectivity index (χ1n) is 13.0. The van der Waals surface area contributed by atoms with Gasteiger partial charge in [0.25, 0.3) is 8.53 Å². The maximum atomic E-state index is 9.74. The summed E-state index contributed by atoms with van der Waals surface area (Å²) in [5.74, 6) is 0.636. The molecule has 0 saturated heterocycles. The van der Waals surface area contributed by atoms with Gasteiger partial charge in [0, 0.05) is 24.9 Å². The predicted molar refractivity (Wildman–Crippen MR) is 155 cm³/mol. The van der Waals surface area contributed by atoms with E-state index in [1.165, 1.54) is 0 Å². The van der Waals surface area contributed by atoms with Crippen molar-refractivity contribution in [2.75, 3.05) is 33.5 Å². The molecule has 0 spiro atoms. The molecule has 1 fully saturated rings. The normalized spacial score (nSPS) is 17.5. The van der Waals surface area contributed by atoms with E-state index in [2.05, 4.69) is 11.1 Å². The fourth-order valence-corrected chi connectivity index (χ4v) is 6.84. The van der Waals surface area contributed by atoms with E-state index < -0.39 is 16.9 Å². The van der Waals surface area contributed by atoms with Gasteiger partial charge in [-0.3, -0.25) is 4.79 Å². The van der Waals surface area contributed by atoms with Gasteiger partial charge in [-0.2, -0.15) is 11.5 Å². The number of hydrogen-bond acceptors (Lipinski definition) is 9. The summed E-state index contributed by atoms with van der Waals surface area (Å²) in [6.45, 7) is 16.7. The molecule has 0 aromatic carbocycles. The number of allylic oxidation sites excluding steroid dienone is 1. The summed E-state index contributed by atoms with van der Waals surface area (Å²) in [5.41, 5.74) is 4.75. The largest absolute Gasteiger partial charge is 1.00 e. The molecule has 0 aromatic heterocycles. The van der Waals surface area contributed by atoms with Gasteiger partial charge in [0.1, 0.15) is 0 Å². The van der Waals surface area contributed by atoms with Gasteiger partial charge >= 0.3 is 51.4 Å². The standard InChI is InChI=1S/C15H29NO3P.C9H19N2O2P.CH3NO.K.H2O/c1-5-9-16-10-8-15(17-4)13-11-14(12-13)20(18-6-2)19-7-3;1-8(2)11(9(3)4)14(12)13-7-5-6-10;2-1-3;;/h5,9,13-15H,6-8,10-12H2,1-4H3;8-9,12H,5,7H2,1-4H3;1H,(H2,2,3);;1H2/q-1;;;+1;/p-1/b9-5-;;;;. The average Bonchev–Trinajstić information content (AvgIpc) is 2.80. The van der Waals surface area contributed by atoms with Gasteiger partial charge < -0.3 is 39.7 Å². The van der Waals surface area contributed by atoms with Crippen molar-refractivity contribution in [1.82, 2.24) is 4.67 Å². The number of amides is 1. The van der Waals surface area contributed by atoms with Crippen LogP contribution in [0.3, 0.4) is 0 Å². The van der Waals surface area contributed by atoms with Gasteiger partial charge in [-0.25, -0.2) is 4.67 Å². The number of hydrogen-bond donors (Lipinski definition) is 2. The topological polar surface area (TPSA) is 171 Å². The summed E-state index contributed by atoms with van der Waals surface area (Å²) in [6, 6.07) is 2.46. The average molecular weight is 622 g/mol. The molecule has 1 rings (SSSR count). The minimum absolute atomic E-state index is 0. The van der Waals surface area contributed by atoms with Gasteiger partial charge in [-0.15, -0.1) is 12.6 Å². The third kappa shape index (κ3) is 22.9. The van der Waals surface area contributed by atoms with E-state index in [-0.39, 0.29) is 75.4 Å². The number of nitriles is 1. The Balaban J connectivity index is -0.000000285. The molecule has 1 aliphatic carbocycles. The van der Waals surface area contributed by atoms with Crippen molar-refractivity contribution in [2.24, 2.45) is 11.7 Å². The molecule has 2 atom stereocenters. The Kier molecular flexibility index (Phi) is 37.9. The van der Waals surface area contributed by atoms with Crippen LogP contribution in [0.25, 0.3) is 5.32 Å². The first-order valence-corrected chi connectivity index (χ1v) is 15.4. The number of carbonyl (C=O) groups is 1. The summed E-state index contributed by atoms with van der Waals surface area (Å²) in [6.07, 6.45) is 8.03. The molecule has 0 aromatic rings. The molecule has 2 unspecified atom stereocenters. The number of nitrogens with two attached hydrogens (primary N) is 1. The summed E-state index contributed by atoms with van der Waals surface area (Å²) in [4.78, 5) is 18.3. The van der Waals surface area contributed by atoms with Crippen LogP contribution in [0.15, 0.2) is 12.3 Å². The molecule has 0 radical (unpaired) electrons. The quantitative estimate of drug-likeness (QED) is 0.107. The number of carbonyl (C=O) groups excluding carboxylic acids is 1. The number of ether oxygens (including phenoxy) is 1. The fraction of sp³-hybridized carbons (Fsp3) is 0.840. The molecule has 1 aliphatic rings. The van der Waals surface area contributed by atoms with Crippen LogP contribution in [0, 0.1) is 17.2 Å². The van der Waals surface area contributed by atoms with Gasteiger partial charge in [0.2, 0.25) is 6.41 Å². The summed E-state index contributed by atoms with van der Waals surface area (Å²) in [7, 11) is -0.446. The van der Waals surface area contributed by atoms with Crippen molar-refractivity contribution in [3.8, 4) is 6.07 Å². The summed E-state index contributed by atoms with van der Waals surface area (Å²) in [5, 5.41) is 12.6. The van der Waals surface area contributed by atoms with Crippen LogP contribution in [0.5, 0.6) is 0 Å². The Morgan fingerprint density at radius 3 is 2.05 bits per heavy atom. The first kappa shape index (κ1) is 46.7. The molecule has 4 N–H and O–H groups in total. The fourth-order valence-electron chi connectivity index (χ4n) is 3.77. The van der Waals surface area contributed by atoms with E-state index in [0.29, 0.717) is 30.7 Å². The number of nitrogens with zero attached hydrogens (tertiary/aromatic N) is 3. The minimum Gasteiger partial charge on any atom is -0.870 e. The van der Waals surface area contributed by atoms with Crippen LogP contribution in [-0.4, -0.2) is 78.8 Å². The molecule has 1 saturated carbocycles. The first-order chi connectivity index (χ1) is 17.7. The van der Waals surface area contributed by atoms with Gasteiger partial charge in [0.05, 0.1) is 38.4 Å². The Morgan fingerprint density at radius 2 is 1.67 bits per heavy atom. The molecular weight excluding hydrogens is 569 g/mol. The molecule has 1 amide bonds. The number of primary amides is 1. The zero-order chi connectivity index (χ0) is 28.6. The van der Waals surface area contributed by atoms with Crippen LogP contribution in [0.4, 0.5) is 0 Å². The Labute approximate surface area is 282 Å². The second kappa shape index (κ2) is 31.6. The van der Waals surface area contributed by atoms with E-state index in [9.17, 15) is 4.89 Å². The van der Waals surface area contributed by atoms with Crippen molar-refractivity contribution in [2.45, 2.75) is 98.0 Å². The van der Waals surface area contributed by atoms with Gasteiger partial charge in [-0.05, 0) is 73.6 Å². The molecule has 0 aliphatic heterocycles. The predicted octanol–water partition coefficient (Wildman–Crippen LogP) is 2.65. The monoisotopic (exact) mass is 621 g/mol. The van der Waals surface area contributed by atoms with E-state index >= 15 is 0 Å². The van der Waals surface area contributed by atoms with E-state index in [0.717, 1.165) is 39.0 Å². The Morgan fingerprint density at radius 1 is 1.15 bits per heavy atom. The van der Waals surface area contributed by atoms with E-state index in [1.807, 2.05) is 78.6 Å². The molecule has 226 valence electrons. The molecule has 0 bridgehead atoms. The molecule has 0 heterocycles. The second-order valence-electron chi connectivity index (χ2n) is 8.66. The van der Waals surface area contributed by atoms with Crippen LogP contribution in [-0.2, 0) is 23.1 Å². The maximum Gasteiger partial charge on any atom is 1.00 e. The van der Waals surface area contributed by atoms with Crippen LogP contribution < -0.4 is 57.1 Å². The van der Waals surface area contributed by atoms with Gasteiger partial charge in [-0.1, -0.05) is 0 Å². The zero-order valence-corrected chi connectivity index (χ0v) is 30.4. The van der Waals surface area contributed by atoms with Crippen LogP contribution in [0.2, 0.25) is 0 Å². The number of methoxy groups -OCH3 is 1. The zero-order valence-electron chi connectivity index (χ0n) is 25.5. The molecular formula is C25H52KN4O7P2-. The summed E-state index contributed by atoms with van der Waals surface area (Å²) < 4.78 is 24.2. The van der Waals surface area contributed by atoms with E-state index in [1.54, 1.807) is 0 Å². The van der Waals surface area contributed by atoms with Crippen molar-refractivity contribution < 1.29 is 84.9 Å². The molecule has 14 heteroatoms. The second-order valence-corrected chi connectivity index (χ2v) is 11.7. The van der Waals surface area contributed by atoms with Crippen molar-refractivity contribution in [1.29, 1.82) is 5.26 Å². The third-order valence-electron chi connectivity index (χ3n) is 5.26. The maximum absolute atomic E-state index is 9.74. The summed E-state index contributed by atoms with van der Waals surface area (Å²) >= 11 is 0. The smallest absolute Gasteiger partial charge is 0.870 e. The van der Waals surface area contributed by atoms with Gasteiger partial charge in [0.15, 0.2) is 8.38 Å².